The molecule has 10 atom stereocenters. The van der Waals surface area contributed by atoms with Crippen LogP contribution in [0.15, 0.2) is 0 Å². The van der Waals surface area contributed by atoms with Crippen LogP contribution in [0.5, 0.6) is 0 Å². The standard InChI is InChI=1S/C26H43NO5/c1-15(4-7-22(30)27-14-23(31)32)18-5-6-19-24-20(9-11-26(18,19)3)25(2)10-8-17(28)12-16(25)13-21(24)29/h15-21,24,28-29H,4-14H2,1-3H3,(H,27,30)(H,31,32)/t15-,16+,17+,18-,19+,20+,21-,24+,25+,26-/m1/s1/i8D2,12D2,13D2,17D,21D,24D. The van der Waals surface area contributed by atoms with Gasteiger partial charge in [0.15, 0.2) is 0 Å². The number of rotatable bonds is 6. The van der Waals surface area contributed by atoms with Crippen LogP contribution in [0.1, 0.15) is 97.2 Å². The van der Waals surface area contributed by atoms with E-state index in [9.17, 15) is 21.2 Å². The zero-order chi connectivity index (χ0) is 31.4. The van der Waals surface area contributed by atoms with Crippen LogP contribution in [0.4, 0.5) is 0 Å². The molecule has 4 fully saturated rings. The molecule has 4 saturated carbocycles. The molecule has 1 amide bonds. The number of nitrogens with one attached hydrogen (secondary N) is 1. The first-order chi connectivity index (χ1) is 18.4. The Morgan fingerprint density at radius 3 is 2.56 bits per heavy atom. The van der Waals surface area contributed by atoms with Crippen molar-refractivity contribution in [3.8, 4) is 0 Å². The Balaban J connectivity index is 1.72. The molecular weight excluding hydrogens is 406 g/mol. The Hall–Kier alpha value is -1.14. The first kappa shape index (κ1) is 15.0. The minimum atomic E-state index is -3.34. The van der Waals surface area contributed by atoms with E-state index in [0.717, 1.165) is 0 Å². The van der Waals surface area contributed by atoms with Crippen molar-refractivity contribution in [2.75, 3.05) is 6.54 Å². The molecule has 0 saturated heterocycles. The SMILES string of the molecule is [2H]C1([2H])C[C@]2(C)[C@H]3CC[C@]4(C)[C@@H]([C@H](C)CCC(=O)NCC(=O)O)CC[C@H]4[C@]3([2H])[C@]([2H])(O)C([2H])([2H])[C@@H]2C([2H])([2H])[C@@]1([2H])O. The van der Waals surface area contributed by atoms with Gasteiger partial charge in [-0.15, -0.1) is 0 Å². The third-order valence-corrected chi connectivity index (χ3v) is 9.01. The summed E-state index contributed by atoms with van der Waals surface area (Å²) in [4.78, 5) is 22.9. The Labute approximate surface area is 205 Å². The second kappa shape index (κ2) is 8.90. The Morgan fingerprint density at radius 1 is 1.12 bits per heavy atom. The number of hydrogen-bond acceptors (Lipinski definition) is 4. The van der Waals surface area contributed by atoms with E-state index in [-0.39, 0.29) is 24.7 Å². The number of carboxylic acid groups (broad SMARTS) is 1. The van der Waals surface area contributed by atoms with Crippen molar-refractivity contribution in [2.45, 2.75) is 97.0 Å². The first-order valence-electron chi connectivity index (χ1n) is 16.3. The van der Waals surface area contributed by atoms with Gasteiger partial charge in [0.25, 0.3) is 0 Å². The molecule has 6 heteroatoms. The third kappa shape index (κ3) is 4.11. The fraction of sp³-hybridized carbons (Fsp3) is 0.923. The summed E-state index contributed by atoms with van der Waals surface area (Å²) in [5.74, 6) is -7.37. The fourth-order valence-electron chi connectivity index (χ4n) is 7.23. The molecule has 0 radical (unpaired) electrons. The number of carboxylic acids is 1. The normalized spacial score (nSPS) is 62.2. The lowest BCUT2D eigenvalue weighted by molar-refractivity contribution is -0.174. The topological polar surface area (TPSA) is 107 Å². The number of fused-ring (bicyclic) bond motifs is 5. The minimum Gasteiger partial charge on any atom is -0.480 e. The van der Waals surface area contributed by atoms with Crippen molar-refractivity contribution >= 4 is 11.9 Å². The molecule has 0 aromatic rings. The number of hydrogen-bond donors (Lipinski definition) is 4. The highest BCUT2D eigenvalue weighted by molar-refractivity contribution is 5.81. The number of carbonyl (C=O) groups excluding carboxylic acids is 1. The van der Waals surface area contributed by atoms with Crippen LogP contribution in [0.2, 0.25) is 0 Å². The molecule has 4 aliphatic rings. The predicted octanol–water partition coefficient (Wildman–Crippen LogP) is 3.59. The molecule has 0 aliphatic heterocycles. The second-order valence-corrected chi connectivity index (χ2v) is 10.8. The molecule has 0 aromatic heterocycles. The van der Waals surface area contributed by atoms with Crippen molar-refractivity contribution in [3.05, 3.63) is 0 Å². The summed E-state index contributed by atoms with van der Waals surface area (Å²) in [6.07, 6.45) is -13.9. The maximum absolute atomic E-state index is 12.1. The van der Waals surface area contributed by atoms with Gasteiger partial charge in [0.05, 0.1) is 14.9 Å². The number of aliphatic carboxylic acids is 1. The van der Waals surface area contributed by atoms with Crippen molar-refractivity contribution < 1.29 is 37.2 Å². The van der Waals surface area contributed by atoms with Gasteiger partial charge in [0.2, 0.25) is 5.91 Å². The number of amides is 1. The average molecular weight is 459 g/mol. The van der Waals surface area contributed by atoms with Gasteiger partial charge in [0.1, 0.15) is 6.54 Å². The molecule has 32 heavy (non-hydrogen) atoms. The maximum Gasteiger partial charge on any atom is 0.322 e. The van der Waals surface area contributed by atoms with Gasteiger partial charge < -0.3 is 20.6 Å². The quantitative estimate of drug-likeness (QED) is 0.487. The highest BCUT2D eigenvalue weighted by Gasteiger charge is 2.62. The summed E-state index contributed by atoms with van der Waals surface area (Å²) in [5, 5.41) is 33.7. The van der Waals surface area contributed by atoms with E-state index in [1.54, 1.807) is 0 Å². The third-order valence-electron chi connectivity index (χ3n) is 9.01. The zero-order valence-electron chi connectivity index (χ0n) is 28.2. The molecular formula is C26H43NO5. The molecule has 0 heterocycles. The summed E-state index contributed by atoms with van der Waals surface area (Å²) in [7, 11) is 0. The maximum atomic E-state index is 12.1. The van der Waals surface area contributed by atoms with Crippen molar-refractivity contribution in [1.82, 2.24) is 5.32 Å². The van der Waals surface area contributed by atoms with Gasteiger partial charge >= 0.3 is 5.97 Å². The fourth-order valence-corrected chi connectivity index (χ4v) is 7.23. The van der Waals surface area contributed by atoms with E-state index in [1.165, 1.54) is 6.92 Å². The lowest BCUT2D eigenvalue weighted by Crippen LogP contribution is -2.58. The molecule has 0 aromatic carbocycles. The van der Waals surface area contributed by atoms with Gasteiger partial charge in [0, 0.05) is 16.0 Å². The van der Waals surface area contributed by atoms with Crippen LogP contribution in [-0.2, 0) is 9.59 Å². The van der Waals surface area contributed by atoms with Crippen molar-refractivity contribution in [2.24, 2.45) is 46.3 Å². The molecule has 0 spiro atoms. The summed E-state index contributed by atoms with van der Waals surface area (Å²) in [5.41, 5.74) is -2.22. The first-order valence-corrected chi connectivity index (χ1v) is 11.8. The van der Waals surface area contributed by atoms with Crippen LogP contribution in [-0.4, -0.2) is 45.9 Å². The predicted molar refractivity (Wildman–Crippen MR) is 122 cm³/mol. The summed E-state index contributed by atoms with van der Waals surface area (Å²) in [6, 6.07) is 0. The summed E-state index contributed by atoms with van der Waals surface area (Å²) in [6.45, 7) is 4.95. The van der Waals surface area contributed by atoms with Crippen LogP contribution < -0.4 is 5.32 Å². The minimum absolute atomic E-state index is 0.0421. The van der Waals surface area contributed by atoms with Crippen molar-refractivity contribution in [1.29, 1.82) is 0 Å². The summed E-state index contributed by atoms with van der Waals surface area (Å²) < 4.78 is 79.4. The largest absolute Gasteiger partial charge is 0.480 e. The highest BCUT2D eigenvalue weighted by Crippen LogP contribution is 2.68. The lowest BCUT2D eigenvalue weighted by atomic mass is 9.43. The van der Waals surface area contributed by atoms with E-state index in [0.29, 0.717) is 25.7 Å². The second-order valence-electron chi connectivity index (χ2n) is 10.8. The van der Waals surface area contributed by atoms with Gasteiger partial charge in [-0.2, -0.15) is 0 Å². The Kier molecular flexibility index (Phi) is 4.17. The number of aliphatic hydroxyl groups is 2. The van der Waals surface area contributed by atoms with Crippen LogP contribution in [0.3, 0.4) is 0 Å². The Morgan fingerprint density at radius 2 is 1.84 bits per heavy atom. The lowest BCUT2D eigenvalue weighted by Gasteiger charge is -2.62. The summed E-state index contributed by atoms with van der Waals surface area (Å²) >= 11 is 0. The van der Waals surface area contributed by atoms with E-state index in [4.69, 9.17) is 16.1 Å². The van der Waals surface area contributed by atoms with E-state index in [1.807, 2.05) is 13.8 Å². The monoisotopic (exact) mass is 458 g/mol. The molecule has 4 N–H and O–H groups in total. The van der Waals surface area contributed by atoms with Crippen LogP contribution in [0.25, 0.3) is 0 Å². The van der Waals surface area contributed by atoms with E-state index >= 15 is 0 Å². The van der Waals surface area contributed by atoms with Gasteiger partial charge in [-0.1, -0.05) is 20.8 Å². The van der Waals surface area contributed by atoms with Crippen LogP contribution >= 0.6 is 0 Å². The van der Waals surface area contributed by atoms with Gasteiger partial charge in [-0.25, -0.2) is 0 Å². The average Bonchev–Trinajstić information content (AvgIpc) is 3.16. The van der Waals surface area contributed by atoms with Crippen molar-refractivity contribution in [3.63, 3.8) is 0 Å². The molecule has 182 valence electrons. The van der Waals surface area contributed by atoms with E-state index in [2.05, 4.69) is 5.32 Å². The molecule has 0 unspecified atom stereocenters. The smallest absolute Gasteiger partial charge is 0.322 e. The molecule has 4 aliphatic carbocycles. The zero-order valence-corrected chi connectivity index (χ0v) is 19.2. The van der Waals surface area contributed by atoms with Crippen LogP contribution in [0, 0.1) is 46.3 Å². The highest BCUT2D eigenvalue weighted by atomic mass is 16.4. The molecule has 4 rings (SSSR count). The Bertz CT molecular complexity index is 1100. The van der Waals surface area contributed by atoms with Gasteiger partial charge in [-0.3, -0.25) is 9.59 Å². The van der Waals surface area contributed by atoms with Gasteiger partial charge in [-0.05, 0) is 104 Å². The number of carbonyl (C=O) groups is 2. The van der Waals surface area contributed by atoms with E-state index < -0.39 is 90.6 Å². The molecule has 6 nitrogen and oxygen atoms in total. The molecule has 0 bridgehead atoms.